The van der Waals surface area contributed by atoms with Crippen molar-refractivity contribution in [3.8, 4) is 22.6 Å². The molecule has 9 nitrogen and oxygen atoms in total. The lowest BCUT2D eigenvalue weighted by molar-refractivity contribution is -0.127. The normalized spacial score (nSPS) is 17.6. The van der Waals surface area contributed by atoms with Crippen LogP contribution < -0.4 is 16.0 Å². The van der Waals surface area contributed by atoms with Crippen LogP contribution in [-0.2, 0) is 4.79 Å². The highest BCUT2D eigenvalue weighted by Crippen LogP contribution is 2.36. The van der Waals surface area contributed by atoms with E-state index in [9.17, 15) is 9.59 Å². The lowest BCUT2D eigenvalue weighted by Gasteiger charge is -2.33. The second-order valence-corrected chi connectivity index (χ2v) is 10.7. The second-order valence-electron chi connectivity index (χ2n) is 10.7. The van der Waals surface area contributed by atoms with Crippen LogP contribution in [-0.4, -0.2) is 63.2 Å². The van der Waals surface area contributed by atoms with Crippen LogP contribution in [0.2, 0.25) is 0 Å². The highest BCUT2D eigenvalue weighted by Gasteiger charge is 2.28. The van der Waals surface area contributed by atoms with Crippen LogP contribution in [0.3, 0.4) is 0 Å². The van der Waals surface area contributed by atoms with E-state index in [0.717, 1.165) is 36.3 Å². The van der Waals surface area contributed by atoms with Gasteiger partial charge in [0.1, 0.15) is 17.0 Å². The Labute approximate surface area is 232 Å². The van der Waals surface area contributed by atoms with Gasteiger partial charge in [0, 0.05) is 43.5 Å². The number of hydrogen-bond donors (Lipinski definition) is 2. The van der Waals surface area contributed by atoms with E-state index in [0.29, 0.717) is 35.8 Å². The molecule has 1 atom stereocenters. The SMILES string of the molecule is CN(CC=CC(=O)N1CCC[C@@H](n2cc(-c3ccc(Oc4ccccc4)cc3)c3c(N)n[nH]c(=O)c32)C1)C1CC1. The molecule has 0 spiro atoms. The van der Waals surface area contributed by atoms with Gasteiger partial charge in [0.05, 0.1) is 11.4 Å². The summed E-state index contributed by atoms with van der Waals surface area (Å²) >= 11 is 0. The number of aromatic amines is 1. The first-order valence-electron chi connectivity index (χ1n) is 13.9. The number of carbonyl (C=O) groups excluding carboxylic acids is 1. The fraction of sp³-hybridized carbons (Fsp3) is 0.323. The summed E-state index contributed by atoms with van der Waals surface area (Å²) in [7, 11) is 2.10. The van der Waals surface area contributed by atoms with E-state index in [1.165, 1.54) is 12.8 Å². The predicted molar refractivity (Wildman–Crippen MR) is 156 cm³/mol. The molecular formula is C31H34N6O3. The molecule has 0 bridgehead atoms. The predicted octanol–water partition coefficient (Wildman–Crippen LogP) is 4.58. The molecule has 0 radical (unpaired) electrons. The molecule has 6 rings (SSSR count). The molecule has 40 heavy (non-hydrogen) atoms. The molecule has 1 aliphatic heterocycles. The van der Waals surface area contributed by atoms with Crippen molar-refractivity contribution >= 4 is 22.6 Å². The summed E-state index contributed by atoms with van der Waals surface area (Å²) in [5, 5.41) is 7.22. The van der Waals surface area contributed by atoms with Gasteiger partial charge in [-0.15, -0.1) is 0 Å². The van der Waals surface area contributed by atoms with E-state index in [2.05, 4.69) is 22.1 Å². The standard InChI is InChI=1S/C31H34N6O3/c1-35(22-13-14-22)17-6-10-27(38)36-18-5-7-23(19-36)37-20-26(28-29(37)31(39)34-33-30(28)32)21-11-15-25(16-12-21)40-24-8-3-2-4-9-24/h2-4,6,8-12,15-16,20,22-23H,5,7,13-14,17-19H2,1H3,(H2,32,33)(H,34,39)/t23-/m1/s1. The number of H-pyrrole nitrogens is 1. The van der Waals surface area contributed by atoms with E-state index in [1.807, 2.05) is 76.3 Å². The third-order valence-corrected chi connectivity index (χ3v) is 7.85. The third kappa shape index (κ3) is 5.37. The molecule has 4 aromatic rings. The Morgan fingerprint density at radius 3 is 2.62 bits per heavy atom. The smallest absolute Gasteiger partial charge is 0.288 e. The van der Waals surface area contributed by atoms with Crippen LogP contribution in [0.25, 0.3) is 22.0 Å². The zero-order valence-electron chi connectivity index (χ0n) is 22.6. The number of likely N-dealkylation sites (tertiary alicyclic amines) is 1. The van der Waals surface area contributed by atoms with Crippen molar-refractivity contribution in [3.63, 3.8) is 0 Å². The maximum atomic E-state index is 13.1. The topological polar surface area (TPSA) is 109 Å². The minimum Gasteiger partial charge on any atom is -0.457 e. The van der Waals surface area contributed by atoms with Crippen LogP contribution in [0.4, 0.5) is 5.82 Å². The summed E-state index contributed by atoms with van der Waals surface area (Å²) < 4.78 is 7.93. The van der Waals surface area contributed by atoms with Gasteiger partial charge in [-0.25, -0.2) is 5.10 Å². The van der Waals surface area contributed by atoms with Crippen LogP contribution >= 0.6 is 0 Å². The first-order chi connectivity index (χ1) is 19.5. The van der Waals surface area contributed by atoms with Gasteiger partial charge in [0.15, 0.2) is 5.82 Å². The average Bonchev–Trinajstić information content (AvgIpc) is 3.75. The number of nitrogens with two attached hydrogens (primary N) is 1. The number of nitrogen functional groups attached to an aromatic ring is 1. The molecule has 0 unspecified atom stereocenters. The molecule has 206 valence electrons. The number of likely N-dealkylation sites (N-methyl/N-ethyl adjacent to an activating group) is 1. The number of benzene rings is 2. The first kappa shape index (κ1) is 25.9. The lowest BCUT2D eigenvalue weighted by Crippen LogP contribution is -2.40. The van der Waals surface area contributed by atoms with Crippen molar-refractivity contribution in [2.75, 3.05) is 32.4 Å². The van der Waals surface area contributed by atoms with Gasteiger partial charge in [-0.2, -0.15) is 5.10 Å². The van der Waals surface area contributed by atoms with Gasteiger partial charge in [0.25, 0.3) is 5.56 Å². The second kappa shape index (κ2) is 11.0. The van der Waals surface area contributed by atoms with Gasteiger partial charge in [0.2, 0.25) is 5.91 Å². The highest BCUT2D eigenvalue weighted by atomic mass is 16.5. The minimum absolute atomic E-state index is 0.00896. The molecule has 3 N–H and O–H groups in total. The van der Waals surface area contributed by atoms with Gasteiger partial charge in [-0.1, -0.05) is 36.4 Å². The minimum atomic E-state index is -0.300. The Balaban J connectivity index is 1.26. The number of rotatable bonds is 8. The number of ether oxygens (including phenoxy) is 1. The summed E-state index contributed by atoms with van der Waals surface area (Å²) in [5.41, 5.74) is 8.22. The van der Waals surface area contributed by atoms with E-state index < -0.39 is 0 Å². The Hall–Kier alpha value is -4.37. The number of aromatic nitrogens is 3. The third-order valence-electron chi connectivity index (χ3n) is 7.85. The number of amides is 1. The number of nitrogens with one attached hydrogen (secondary N) is 1. The molecule has 2 aliphatic rings. The summed E-state index contributed by atoms with van der Waals surface area (Å²) in [6, 6.07) is 17.9. The quantitative estimate of drug-likeness (QED) is 0.318. The van der Waals surface area contributed by atoms with Crippen molar-refractivity contribution < 1.29 is 9.53 Å². The number of piperidine rings is 1. The van der Waals surface area contributed by atoms with Crippen LogP contribution in [0.15, 0.2) is 77.7 Å². The molecule has 9 heteroatoms. The van der Waals surface area contributed by atoms with Gasteiger partial charge >= 0.3 is 0 Å². The van der Waals surface area contributed by atoms with Gasteiger partial charge in [-0.3, -0.25) is 14.5 Å². The van der Waals surface area contributed by atoms with Crippen molar-refractivity contribution in [1.29, 1.82) is 0 Å². The molecule has 1 aliphatic carbocycles. The van der Waals surface area contributed by atoms with Crippen LogP contribution in [0, 0.1) is 0 Å². The Kier molecular flexibility index (Phi) is 7.13. The number of anilines is 1. The molecule has 2 fully saturated rings. The summed E-state index contributed by atoms with van der Waals surface area (Å²) in [6.45, 7) is 2.00. The zero-order chi connectivity index (χ0) is 27.6. The number of nitrogens with zero attached hydrogens (tertiary/aromatic N) is 4. The van der Waals surface area contributed by atoms with E-state index in [1.54, 1.807) is 6.08 Å². The summed E-state index contributed by atoms with van der Waals surface area (Å²) in [5.74, 6) is 1.74. The zero-order valence-corrected chi connectivity index (χ0v) is 22.6. The fourth-order valence-corrected chi connectivity index (χ4v) is 5.54. The Morgan fingerprint density at radius 2 is 1.88 bits per heavy atom. The Bertz CT molecular complexity index is 1590. The fourth-order valence-electron chi connectivity index (χ4n) is 5.54. The maximum Gasteiger partial charge on any atom is 0.288 e. The van der Waals surface area contributed by atoms with Crippen molar-refractivity contribution in [3.05, 3.63) is 83.3 Å². The average molecular weight is 539 g/mol. The van der Waals surface area contributed by atoms with Crippen LogP contribution in [0.1, 0.15) is 31.7 Å². The number of carbonyl (C=O) groups is 1. The van der Waals surface area contributed by atoms with Crippen molar-refractivity contribution in [2.24, 2.45) is 0 Å². The molecule has 3 heterocycles. The van der Waals surface area contributed by atoms with E-state index >= 15 is 0 Å². The molecule has 2 aromatic heterocycles. The number of fused-ring (bicyclic) bond motifs is 1. The highest BCUT2D eigenvalue weighted by molar-refractivity contribution is 6.02. The van der Waals surface area contributed by atoms with E-state index in [4.69, 9.17) is 10.5 Å². The molecule has 2 aromatic carbocycles. The molecule has 1 saturated carbocycles. The van der Waals surface area contributed by atoms with Gasteiger partial charge < -0.3 is 19.9 Å². The van der Waals surface area contributed by atoms with E-state index in [-0.39, 0.29) is 23.3 Å². The number of hydrogen-bond acceptors (Lipinski definition) is 6. The Morgan fingerprint density at radius 1 is 1.12 bits per heavy atom. The summed E-state index contributed by atoms with van der Waals surface area (Å²) in [4.78, 5) is 30.2. The largest absolute Gasteiger partial charge is 0.457 e. The lowest BCUT2D eigenvalue weighted by atomic mass is 10.1. The van der Waals surface area contributed by atoms with Crippen LogP contribution in [0.5, 0.6) is 11.5 Å². The molecule has 1 saturated heterocycles. The van der Waals surface area contributed by atoms with Crippen molar-refractivity contribution in [2.45, 2.75) is 37.8 Å². The summed E-state index contributed by atoms with van der Waals surface area (Å²) in [6.07, 6.45) is 9.80. The van der Waals surface area contributed by atoms with Gasteiger partial charge in [-0.05, 0) is 62.6 Å². The van der Waals surface area contributed by atoms with Crippen molar-refractivity contribution in [1.82, 2.24) is 24.6 Å². The maximum absolute atomic E-state index is 13.1. The molecule has 1 amide bonds. The molecular weight excluding hydrogens is 504 g/mol. The first-order valence-corrected chi connectivity index (χ1v) is 13.9. The number of para-hydroxylation sites is 1. The monoisotopic (exact) mass is 538 g/mol.